The molecule has 4 rings (SSSR count). The predicted molar refractivity (Wildman–Crippen MR) is 129 cm³/mol. The molecule has 1 N–H and O–H groups in total. The Morgan fingerprint density at radius 1 is 1.16 bits per heavy atom. The zero-order valence-electron chi connectivity index (χ0n) is 20.0. The number of nitrogens with zero attached hydrogens (tertiary/aromatic N) is 5. The van der Waals surface area contributed by atoms with Crippen molar-refractivity contribution in [3.8, 4) is 0 Å². The predicted octanol–water partition coefficient (Wildman–Crippen LogP) is 2.11. The number of rotatable bonds is 6. The quantitative estimate of drug-likeness (QED) is 0.589. The van der Waals surface area contributed by atoms with Gasteiger partial charge in [0.2, 0.25) is 5.91 Å². The van der Waals surface area contributed by atoms with Gasteiger partial charge in [-0.05, 0) is 30.7 Å². The Hall–Kier alpha value is -3.88. The maximum Gasteiger partial charge on any atom is 0.516 e. The Morgan fingerprint density at radius 2 is 1.86 bits per heavy atom. The summed E-state index contributed by atoms with van der Waals surface area (Å²) in [4.78, 5) is 21.5. The van der Waals surface area contributed by atoms with Crippen LogP contribution in [0.4, 0.5) is 18.9 Å². The van der Waals surface area contributed by atoms with Crippen molar-refractivity contribution in [2.75, 3.05) is 32.3 Å². The maximum atomic E-state index is 12.9. The summed E-state index contributed by atoms with van der Waals surface area (Å²) in [6.07, 6.45) is 3.32. The molecule has 1 atom stereocenters. The van der Waals surface area contributed by atoms with Crippen molar-refractivity contribution in [3.05, 3.63) is 52.9 Å². The molecule has 198 valence electrons. The number of carbonyl (C=O) groups excluding carboxylic acids is 1. The minimum absolute atomic E-state index is 0.0879. The third-order valence-electron chi connectivity index (χ3n) is 5.78. The van der Waals surface area contributed by atoms with Gasteiger partial charge in [-0.25, -0.2) is 14.3 Å². The topological polar surface area (TPSA) is 125 Å². The van der Waals surface area contributed by atoms with Crippen molar-refractivity contribution in [1.29, 1.82) is 0 Å². The summed E-state index contributed by atoms with van der Waals surface area (Å²) < 4.78 is 72.5. The number of carbonyl (C=O) groups is 1. The first kappa shape index (κ1) is 26.2. The lowest BCUT2D eigenvalue weighted by atomic mass is 9.95. The molecule has 3 heterocycles. The molecule has 0 radical (unpaired) electrons. The Morgan fingerprint density at radius 3 is 2.49 bits per heavy atom. The van der Waals surface area contributed by atoms with Crippen LogP contribution in [0.1, 0.15) is 12.5 Å². The van der Waals surface area contributed by atoms with Crippen LogP contribution < -0.4 is 10.3 Å². The maximum absolute atomic E-state index is 12.9. The fourth-order valence-electron chi connectivity index (χ4n) is 3.91. The van der Waals surface area contributed by atoms with E-state index in [2.05, 4.69) is 20.4 Å². The highest BCUT2D eigenvalue weighted by atomic mass is 32.2. The first-order chi connectivity index (χ1) is 17.5. The van der Waals surface area contributed by atoms with E-state index in [4.69, 9.17) is 9.47 Å². The number of alkyl halides is 3. The molecular weight excluding hydrogens is 517 g/mol. The molecule has 1 aromatic rings. The minimum Gasteiger partial charge on any atom is -0.495 e. The standard InChI is InChI=1S/C22H23F3N6O5S/c1-13-18(17-10-16(35-2)12-26-19(17)28-13)20(32)27-11-14-4-6-15(7-5-14)30-8-9-31(21(29-30)36-3)37(33,34)22(23,24)25/h4-7,10,12,17H,8-9,11H2,1-3H3,(H,27,32). The van der Waals surface area contributed by atoms with E-state index < -0.39 is 34.0 Å². The molecule has 1 aromatic carbocycles. The van der Waals surface area contributed by atoms with Crippen LogP contribution in [0.3, 0.4) is 0 Å². The van der Waals surface area contributed by atoms with Crippen LogP contribution in [0.5, 0.6) is 0 Å². The van der Waals surface area contributed by atoms with Crippen molar-refractivity contribution in [1.82, 2.24) is 9.62 Å². The molecule has 1 unspecified atom stereocenters. The third-order valence-corrected chi connectivity index (χ3v) is 7.29. The molecule has 0 aliphatic carbocycles. The minimum atomic E-state index is -5.63. The Balaban J connectivity index is 1.41. The molecular formula is C22H23F3N6O5S. The number of hydrogen-bond acceptors (Lipinski definition) is 9. The number of fused-ring (bicyclic) bond motifs is 1. The number of aliphatic imine (C=N–C) groups is 2. The number of hydrazone groups is 1. The number of halogens is 3. The second-order valence-electron chi connectivity index (χ2n) is 8.06. The van der Waals surface area contributed by atoms with Crippen LogP contribution in [0, 0.1) is 5.92 Å². The van der Waals surface area contributed by atoms with Crippen LogP contribution in [0.25, 0.3) is 0 Å². The van der Waals surface area contributed by atoms with Crippen LogP contribution in [0.15, 0.2) is 62.5 Å². The van der Waals surface area contributed by atoms with Gasteiger partial charge in [-0.2, -0.15) is 21.6 Å². The number of dihydropyridines is 1. The number of amides is 1. The molecule has 15 heteroatoms. The molecule has 0 aromatic heterocycles. The number of hydrogen-bond donors (Lipinski definition) is 1. The number of sulfonamides is 1. The average Bonchev–Trinajstić information content (AvgIpc) is 3.21. The van der Waals surface area contributed by atoms with Gasteiger partial charge in [0.1, 0.15) is 11.6 Å². The van der Waals surface area contributed by atoms with Gasteiger partial charge in [-0.15, -0.1) is 5.10 Å². The number of amidine groups is 2. The Kier molecular flexibility index (Phi) is 6.99. The van der Waals surface area contributed by atoms with Crippen LogP contribution in [-0.2, 0) is 30.8 Å². The van der Waals surface area contributed by atoms with Gasteiger partial charge in [0.25, 0.3) is 0 Å². The summed E-state index contributed by atoms with van der Waals surface area (Å²) in [6.45, 7) is 1.30. The van der Waals surface area contributed by atoms with Gasteiger partial charge in [0, 0.05) is 12.2 Å². The molecule has 0 saturated carbocycles. The van der Waals surface area contributed by atoms with Crippen molar-refractivity contribution in [3.63, 3.8) is 0 Å². The second-order valence-corrected chi connectivity index (χ2v) is 9.91. The van der Waals surface area contributed by atoms with Gasteiger partial charge < -0.3 is 14.8 Å². The number of methoxy groups -OCH3 is 2. The average molecular weight is 541 g/mol. The SMILES string of the molecule is COC1=CC2C(=NC(C)=C2C(=O)NCc2ccc(N3CCN(S(=O)(=O)C(F)(F)F)C(OC)=N3)cc2)N=C1. The summed E-state index contributed by atoms with van der Waals surface area (Å²) in [5.74, 6) is 0.364. The molecule has 0 bridgehead atoms. The first-order valence-electron chi connectivity index (χ1n) is 10.9. The van der Waals surface area contributed by atoms with Crippen molar-refractivity contribution in [2.24, 2.45) is 21.0 Å². The molecule has 1 amide bonds. The summed E-state index contributed by atoms with van der Waals surface area (Å²) in [5.41, 5.74) is -3.19. The molecule has 11 nitrogen and oxygen atoms in total. The lowest BCUT2D eigenvalue weighted by Gasteiger charge is -2.32. The molecule has 0 spiro atoms. The highest BCUT2D eigenvalue weighted by Gasteiger charge is 2.52. The Labute approximate surface area is 210 Å². The molecule has 0 fully saturated rings. The van der Waals surface area contributed by atoms with E-state index in [0.29, 0.717) is 28.6 Å². The van der Waals surface area contributed by atoms with Gasteiger partial charge in [-0.3, -0.25) is 9.80 Å². The summed E-state index contributed by atoms with van der Waals surface area (Å²) >= 11 is 0. The molecule has 3 aliphatic heterocycles. The fraction of sp³-hybridized carbons (Fsp3) is 0.364. The smallest absolute Gasteiger partial charge is 0.495 e. The number of allylic oxidation sites excluding steroid dienone is 2. The van der Waals surface area contributed by atoms with Gasteiger partial charge in [0.15, 0.2) is 0 Å². The summed E-state index contributed by atoms with van der Waals surface area (Å²) in [6, 6.07) is 6.03. The Bertz CT molecular complexity index is 1350. The van der Waals surface area contributed by atoms with E-state index in [-0.39, 0.29) is 23.3 Å². The number of benzene rings is 1. The van der Waals surface area contributed by atoms with Crippen LogP contribution >= 0.6 is 0 Å². The largest absolute Gasteiger partial charge is 0.516 e. The third kappa shape index (κ3) is 5.03. The van der Waals surface area contributed by atoms with Crippen LogP contribution in [-0.4, -0.2) is 69.5 Å². The van der Waals surface area contributed by atoms with E-state index in [9.17, 15) is 26.4 Å². The van der Waals surface area contributed by atoms with E-state index in [1.807, 2.05) is 0 Å². The fourth-order valence-corrected chi connectivity index (χ4v) is 4.80. The van der Waals surface area contributed by atoms with E-state index in [1.165, 1.54) is 12.1 Å². The molecule has 3 aliphatic rings. The van der Waals surface area contributed by atoms with Crippen molar-refractivity contribution >= 4 is 39.7 Å². The lowest BCUT2D eigenvalue weighted by molar-refractivity contribution is -0.117. The summed E-state index contributed by atoms with van der Waals surface area (Å²) in [7, 11) is -3.08. The van der Waals surface area contributed by atoms with Gasteiger partial charge in [0.05, 0.1) is 50.7 Å². The van der Waals surface area contributed by atoms with Crippen molar-refractivity contribution in [2.45, 2.75) is 19.0 Å². The second kappa shape index (κ2) is 9.88. The highest BCUT2D eigenvalue weighted by molar-refractivity contribution is 7.90. The number of anilines is 1. The molecule has 0 saturated heterocycles. The monoisotopic (exact) mass is 540 g/mol. The van der Waals surface area contributed by atoms with Crippen LogP contribution in [0.2, 0.25) is 0 Å². The number of nitrogens with one attached hydrogen (secondary N) is 1. The normalized spacial score (nSPS) is 19.7. The summed E-state index contributed by atoms with van der Waals surface area (Å²) in [5, 5.41) is 8.09. The van der Waals surface area contributed by atoms with Gasteiger partial charge in [-0.1, -0.05) is 12.1 Å². The van der Waals surface area contributed by atoms with Crippen molar-refractivity contribution < 1.29 is 35.9 Å². The lowest BCUT2D eigenvalue weighted by Crippen LogP contribution is -2.51. The van der Waals surface area contributed by atoms with E-state index in [0.717, 1.165) is 12.7 Å². The zero-order valence-corrected chi connectivity index (χ0v) is 20.8. The van der Waals surface area contributed by atoms with Gasteiger partial charge >= 0.3 is 21.6 Å². The highest BCUT2D eigenvalue weighted by Crippen LogP contribution is 2.31. The number of ether oxygens (including phenoxy) is 2. The van der Waals surface area contributed by atoms with E-state index in [1.54, 1.807) is 43.5 Å². The first-order valence-corrected chi connectivity index (χ1v) is 12.4. The van der Waals surface area contributed by atoms with E-state index >= 15 is 0 Å². The zero-order chi connectivity index (χ0) is 27.0. The molecule has 37 heavy (non-hydrogen) atoms.